The minimum Gasteiger partial charge on any atom is -0.349 e. The van der Waals surface area contributed by atoms with Crippen LogP contribution in [0.5, 0.6) is 0 Å². The zero-order chi connectivity index (χ0) is 17.7. The number of hydrogen-bond donors (Lipinski definition) is 2. The van der Waals surface area contributed by atoms with Gasteiger partial charge in [-0.1, -0.05) is 35.3 Å². The first-order valence-electron chi connectivity index (χ1n) is 7.07. The third-order valence-corrected chi connectivity index (χ3v) is 6.63. The molecule has 2 aromatic rings. The SMILES string of the molecule is CC(NC(=O)CCNS(=O)(=O)c1cccs1)c1ccc(Cl)cc1Cl. The molecule has 0 saturated heterocycles. The van der Waals surface area contributed by atoms with Gasteiger partial charge in [-0.2, -0.15) is 0 Å². The van der Waals surface area contributed by atoms with E-state index in [0.29, 0.717) is 10.0 Å². The maximum Gasteiger partial charge on any atom is 0.250 e. The average molecular weight is 407 g/mol. The number of hydrogen-bond acceptors (Lipinski definition) is 4. The van der Waals surface area contributed by atoms with Crippen molar-refractivity contribution < 1.29 is 13.2 Å². The van der Waals surface area contributed by atoms with Gasteiger partial charge in [-0.05, 0) is 36.1 Å². The summed E-state index contributed by atoms with van der Waals surface area (Å²) in [5, 5.41) is 5.44. The van der Waals surface area contributed by atoms with Crippen LogP contribution in [0.1, 0.15) is 24.9 Å². The van der Waals surface area contributed by atoms with Crippen molar-refractivity contribution in [2.45, 2.75) is 23.6 Å². The molecular weight excluding hydrogens is 391 g/mol. The number of benzene rings is 1. The molecule has 0 fully saturated rings. The van der Waals surface area contributed by atoms with Crippen molar-refractivity contribution in [2.24, 2.45) is 0 Å². The van der Waals surface area contributed by atoms with E-state index in [1.807, 2.05) is 0 Å². The van der Waals surface area contributed by atoms with Gasteiger partial charge >= 0.3 is 0 Å². The highest BCUT2D eigenvalue weighted by atomic mass is 35.5. The van der Waals surface area contributed by atoms with Gasteiger partial charge in [0.25, 0.3) is 0 Å². The number of rotatable bonds is 7. The molecule has 0 spiro atoms. The van der Waals surface area contributed by atoms with E-state index in [-0.39, 0.29) is 29.1 Å². The first kappa shape index (κ1) is 19.2. The summed E-state index contributed by atoms with van der Waals surface area (Å²) in [4.78, 5) is 12.0. The topological polar surface area (TPSA) is 75.3 Å². The Labute approximate surface area is 155 Å². The van der Waals surface area contributed by atoms with Crippen LogP contribution in [0.3, 0.4) is 0 Å². The van der Waals surface area contributed by atoms with Gasteiger partial charge in [-0.3, -0.25) is 4.79 Å². The second kappa shape index (κ2) is 8.31. The Morgan fingerprint density at radius 1 is 1.29 bits per heavy atom. The van der Waals surface area contributed by atoms with Gasteiger partial charge < -0.3 is 5.32 Å². The number of carbonyl (C=O) groups is 1. The van der Waals surface area contributed by atoms with Gasteiger partial charge in [0.1, 0.15) is 4.21 Å². The molecule has 1 amide bonds. The lowest BCUT2D eigenvalue weighted by Gasteiger charge is -2.16. The van der Waals surface area contributed by atoms with Crippen molar-refractivity contribution in [1.82, 2.24) is 10.0 Å². The molecule has 2 rings (SSSR count). The summed E-state index contributed by atoms with van der Waals surface area (Å²) in [6, 6.07) is 7.91. The highest BCUT2D eigenvalue weighted by Gasteiger charge is 2.16. The maximum atomic E-state index is 12.0. The van der Waals surface area contributed by atoms with Crippen molar-refractivity contribution in [3.63, 3.8) is 0 Å². The van der Waals surface area contributed by atoms with Crippen LogP contribution in [-0.4, -0.2) is 20.9 Å². The highest BCUT2D eigenvalue weighted by molar-refractivity contribution is 7.91. The Kier molecular flexibility index (Phi) is 6.65. The molecule has 0 aliphatic rings. The van der Waals surface area contributed by atoms with Crippen LogP contribution in [0.2, 0.25) is 10.0 Å². The van der Waals surface area contributed by atoms with E-state index in [9.17, 15) is 13.2 Å². The minimum atomic E-state index is -3.55. The van der Waals surface area contributed by atoms with E-state index in [2.05, 4.69) is 10.0 Å². The van der Waals surface area contributed by atoms with Gasteiger partial charge in [0.2, 0.25) is 15.9 Å². The lowest BCUT2D eigenvalue weighted by Crippen LogP contribution is -2.32. The van der Waals surface area contributed by atoms with Crippen molar-refractivity contribution in [3.05, 3.63) is 51.3 Å². The van der Waals surface area contributed by atoms with Crippen LogP contribution in [0, 0.1) is 0 Å². The molecule has 5 nitrogen and oxygen atoms in total. The molecule has 130 valence electrons. The first-order chi connectivity index (χ1) is 11.3. The van der Waals surface area contributed by atoms with Crippen molar-refractivity contribution >= 4 is 50.5 Å². The molecule has 1 aromatic heterocycles. The van der Waals surface area contributed by atoms with Crippen LogP contribution < -0.4 is 10.0 Å². The molecule has 0 aliphatic heterocycles. The average Bonchev–Trinajstić information content (AvgIpc) is 3.01. The zero-order valence-corrected chi connectivity index (χ0v) is 15.9. The van der Waals surface area contributed by atoms with Gasteiger partial charge in [0.15, 0.2) is 0 Å². The number of carbonyl (C=O) groups excluding carboxylic acids is 1. The molecule has 1 unspecified atom stereocenters. The summed E-state index contributed by atoms with van der Waals surface area (Å²) in [6.07, 6.45) is 0.0279. The Morgan fingerprint density at radius 3 is 2.67 bits per heavy atom. The fourth-order valence-corrected chi connectivity index (χ4v) is 4.67. The quantitative estimate of drug-likeness (QED) is 0.737. The normalized spacial score (nSPS) is 12.8. The van der Waals surface area contributed by atoms with Crippen LogP contribution in [0.4, 0.5) is 0 Å². The number of amides is 1. The molecule has 9 heteroatoms. The summed E-state index contributed by atoms with van der Waals surface area (Å²) in [6.45, 7) is 1.82. The molecule has 2 N–H and O–H groups in total. The third kappa shape index (κ3) is 5.19. The lowest BCUT2D eigenvalue weighted by molar-refractivity contribution is -0.121. The fourth-order valence-electron chi connectivity index (χ4n) is 2.03. The minimum absolute atomic E-state index is 0.0210. The second-order valence-electron chi connectivity index (χ2n) is 5.03. The fraction of sp³-hybridized carbons (Fsp3) is 0.267. The Balaban J connectivity index is 1.85. The van der Waals surface area contributed by atoms with Gasteiger partial charge in [-0.15, -0.1) is 11.3 Å². The molecule has 0 aliphatic carbocycles. The predicted molar refractivity (Wildman–Crippen MR) is 97.1 cm³/mol. The number of nitrogens with one attached hydrogen (secondary N) is 2. The summed E-state index contributed by atoms with van der Waals surface area (Å²) in [5.74, 6) is -0.276. The molecule has 0 radical (unpaired) electrons. The number of halogens is 2. The van der Waals surface area contributed by atoms with E-state index >= 15 is 0 Å². The van der Waals surface area contributed by atoms with E-state index in [1.54, 1.807) is 36.6 Å². The van der Waals surface area contributed by atoms with Gasteiger partial charge in [0, 0.05) is 23.0 Å². The number of sulfonamides is 1. The molecule has 24 heavy (non-hydrogen) atoms. The van der Waals surface area contributed by atoms with Crippen LogP contribution in [0.25, 0.3) is 0 Å². The van der Waals surface area contributed by atoms with Crippen LogP contribution in [-0.2, 0) is 14.8 Å². The third-order valence-electron chi connectivity index (χ3n) is 3.21. The van der Waals surface area contributed by atoms with Crippen molar-refractivity contribution in [2.75, 3.05) is 6.54 Å². The van der Waals surface area contributed by atoms with E-state index < -0.39 is 10.0 Å². The van der Waals surface area contributed by atoms with E-state index in [4.69, 9.17) is 23.2 Å². The molecule has 1 atom stereocenters. The van der Waals surface area contributed by atoms with Gasteiger partial charge in [-0.25, -0.2) is 13.1 Å². The van der Waals surface area contributed by atoms with Crippen LogP contribution >= 0.6 is 34.5 Å². The molecule has 1 heterocycles. The monoisotopic (exact) mass is 406 g/mol. The number of thiophene rings is 1. The summed E-state index contributed by atoms with van der Waals surface area (Å²) in [7, 11) is -3.55. The summed E-state index contributed by atoms with van der Waals surface area (Å²) >= 11 is 13.1. The highest BCUT2D eigenvalue weighted by Crippen LogP contribution is 2.26. The van der Waals surface area contributed by atoms with E-state index in [1.165, 1.54) is 6.07 Å². The molecular formula is C15H16Cl2N2O3S2. The second-order valence-corrected chi connectivity index (χ2v) is 8.82. The smallest absolute Gasteiger partial charge is 0.250 e. The Hall–Kier alpha value is -1.12. The summed E-state index contributed by atoms with van der Waals surface area (Å²) in [5.41, 5.74) is 0.744. The van der Waals surface area contributed by atoms with Crippen molar-refractivity contribution in [3.8, 4) is 0 Å². The van der Waals surface area contributed by atoms with Crippen LogP contribution in [0.15, 0.2) is 39.9 Å². The maximum absolute atomic E-state index is 12.0. The van der Waals surface area contributed by atoms with Crippen molar-refractivity contribution in [1.29, 1.82) is 0 Å². The van der Waals surface area contributed by atoms with E-state index in [0.717, 1.165) is 16.9 Å². The lowest BCUT2D eigenvalue weighted by atomic mass is 10.1. The standard InChI is InChI=1S/C15H16Cl2N2O3S2/c1-10(12-5-4-11(16)9-13(12)17)19-14(20)6-7-18-24(21,22)15-3-2-8-23-15/h2-5,8-10,18H,6-7H2,1H3,(H,19,20). The molecule has 0 saturated carbocycles. The summed E-state index contributed by atoms with van der Waals surface area (Å²) < 4.78 is 26.5. The molecule has 1 aromatic carbocycles. The Morgan fingerprint density at radius 2 is 2.04 bits per heavy atom. The van der Waals surface area contributed by atoms with Gasteiger partial charge in [0.05, 0.1) is 6.04 Å². The Bertz CT molecular complexity index is 808. The molecule has 0 bridgehead atoms. The first-order valence-corrected chi connectivity index (χ1v) is 10.2. The zero-order valence-electron chi connectivity index (χ0n) is 12.8. The largest absolute Gasteiger partial charge is 0.349 e. The predicted octanol–water partition coefficient (Wildman–Crippen LogP) is 3.60.